The van der Waals surface area contributed by atoms with Gasteiger partial charge < -0.3 is 19.5 Å². The van der Waals surface area contributed by atoms with Crippen molar-refractivity contribution < 1.29 is 19.0 Å². The van der Waals surface area contributed by atoms with E-state index in [1.165, 1.54) is 21.3 Å². The Labute approximate surface area is 176 Å². The van der Waals surface area contributed by atoms with Gasteiger partial charge in [0.1, 0.15) is 0 Å². The molecule has 7 heteroatoms. The van der Waals surface area contributed by atoms with Gasteiger partial charge >= 0.3 is 0 Å². The van der Waals surface area contributed by atoms with Gasteiger partial charge in [-0.15, -0.1) is 0 Å². The van der Waals surface area contributed by atoms with Crippen molar-refractivity contribution in [2.45, 2.75) is 18.9 Å². The van der Waals surface area contributed by atoms with E-state index < -0.39 is 0 Å². The number of rotatable bonds is 8. The zero-order valence-corrected chi connectivity index (χ0v) is 17.8. The Hall–Kier alpha value is -2.44. The van der Waals surface area contributed by atoms with Crippen LogP contribution in [-0.2, 0) is 0 Å². The average molecular weight is 419 g/mol. The number of carbonyl (C=O) groups is 1. The van der Waals surface area contributed by atoms with Gasteiger partial charge in [-0.1, -0.05) is 29.8 Å². The first kappa shape index (κ1) is 21.3. The second-order valence-corrected chi connectivity index (χ2v) is 7.31. The maximum atomic E-state index is 12.9. The van der Waals surface area contributed by atoms with E-state index >= 15 is 0 Å². The molecule has 1 atom stereocenters. The summed E-state index contributed by atoms with van der Waals surface area (Å²) in [6.45, 7) is 2.45. The van der Waals surface area contributed by atoms with Crippen LogP contribution in [0.4, 0.5) is 0 Å². The first-order valence-electron chi connectivity index (χ1n) is 9.65. The first-order valence-corrected chi connectivity index (χ1v) is 10.0. The van der Waals surface area contributed by atoms with Gasteiger partial charge in [-0.3, -0.25) is 9.69 Å². The summed E-state index contributed by atoms with van der Waals surface area (Å²) >= 11 is 6.46. The highest BCUT2D eigenvalue weighted by Gasteiger charge is 2.26. The van der Waals surface area contributed by atoms with Gasteiger partial charge in [-0.25, -0.2) is 0 Å². The summed E-state index contributed by atoms with van der Waals surface area (Å²) in [4.78, 5) is 15.3. The van der Waals surface area contributed by atoms with Crippen molar-refractivity contribution in [3.8, 4) is 17.2 Å². The Kier molecular flexibility index (Phi) is 7.23. The molecule has 1 fully saturated rings. The Morgan fingerprint density at radius 2 is 1.69 bits per heavy atom. The predicted molar refractivity (Wildman–Crippen MR) is 113 cm³/mol. The van der Waals surface area contributed by atoms with Crippen molar-refractivity contribution >= 4 is 17.5 Å². The van der Waals surface area contributed by atoms with E-state index in [9.17, 15) is 4.79 Å². The predicted octanol–water partition coefficient (Wildman–Crippen LogP) is 3.93. The molecule has 0 aromatic heterocycles. The number of likely N-dealkylation sites (tertiary alicyclic amines) is 1. The normalized spacial score (nSPS) is 15.0. The van der Waals surface area contributed by atoms with Gasteiger partial charge in [-0.2, -0.15) is 0 Å². The van der Waals surface area contributed by atoms with E-state index in [1.807, 2.05) is 24.3 Å². The number of hydrogen-bond donors (Lipinski definition) is 1. The molecule has 0 spiro atoms. The third kappa shape index (κ3) is 4.77. The van der Waals surface area contributed by atoms with Crippen molar-refractivity contribution in [3.05, 3.63) is 52.5 Å². The number of carbonyl (C=O) groups excluding carboxylic acids is 1. The van der Waals surface area contributed by atoms with Gasteiger partial charge in [-0.05, 0) is 49.7 Å². The summed E-state index contributed by atoms with van der Waals surface area (Å²) in [6, 6.07) is 11.1. The lowest BCUT2D eigenvalue weighted by molar-refractivity contribution is 0.0937. The third-order valence-electron chi connectivity index (χ3n) is 5.23. The summed E-state index contributed by atoms with van der Waals surface area (Å²) in [7, 11) is 4.59. The largest absolute Gasteiger partial charge is 0.493 e. The van der Waals surface area contributed by atoms with Crippen LogP contribution >= 0.6 is 11.6 Å². The minimum absolute atomic E-state index is 0.0252. The molecule has 1 aliphatic heterocycles. The van der Waals surface area contributed by atoms with Crippen LogP contribution in [0.1, 0.15) is 34.8 Å². The van der Waals surface area contributed by atoms with E-state index in [1.54, 1.807) is 12.1 Å². The molecule has 2 aromatic rings. The summed E-state index contributed by atoms with van der Waals surface area (Å²) < 4.78 is 16.0. The average Bonchev–Trinajstić information content (AvgIpc) is 3.28. The van der Waals surface area contributed by atoms with Crippen molar-refractivity contribution in [2.24, 2.45) is 0 Å². The molecule has 1 amide bonds. The van der Waals surface area contributed by atoms with Gasteiger partial charge in [0.15, 0.2) is 11.5 Å². The van der Waals surface area contributed by atoms with Gasteiger partial charge in [0, 0.05) is 17.1 Å². The van der Waals surface area contributed by atoms with Crippen molar-refractivity contribution in [1.82, 2.24) is 10.2 Å². The van der Waals surface area contributed by atoms with Gasteiger partial charge in [0.25, 0.3) is 5.91 Å². The van der Waals surface area contributed by atoms with Crippen LogP contribution in [0.25, 0.3) is 0 Å². The molecule has 0 radical (unpaired) electrons. The fourth-order valence-electron chi connectivity index (χ4n) is 3.74. The van der Waals surface area contributed by atoms with Crippen LogP contribution < -0.4 is 19.5 Å². The summed E-state index contributed by atoms with van der Waals surface area (Å²) in [5.41, 5.74) is 1.47. The summed E-state index contributed by atoms with van der Waals surface area (Å²) in [6.07, 6.45) is 2.31. The first-order chi connectivity index (χ1) is 14.1. The van der Waals surface area contributed by atoms with Crippen LogP contribution in [0.15, 0.2) is 36.4 Å². The number of halogens is 1. The zero-order chi connectivity index (χ0) is 20.8. The Balaban J connectivity index is 1.81. The topological polar surface area (TPSA) is 60.0 Å². The lowest BCUT2D eigenvalue weighted by Gasteiger charge is -2.29. The lowest BCUT2D eigenvalue weighted by atomic mass is 10.0. The van der Waals surface area contributed by atoms with Crippen LogP contribution in [0.5, 0.6) is 17.2 Å². The number of hydrogen-bond acceptors (Lipinski definition) is 5. The SMILES string of the molecule is COc1cc(C(=O)NC[C@H](c2ccccc2Cl)N2CCCC2)cc(OC)c1OC. The van der Waals surface area contributed by atoms with Crippen molar-refractivity contribution in [1.29, 1.82) is 0 Å². The number of methoxy groups -OCH3 is 3. The zero-order valence-electron chi connectivity index (χ0n) is 17.0. The van der Waals surface area contributed by atoms with Crippen molar-refractivity contribution in [3.63, 3.8) is 0 Å². The van der Waals surface area contributed by atoms with Crippen LogP contribution in [0.3, 0.4) is 0 Å². The van der Waals surface area contributed by atoms with Crippen molar-refractivity contribution in [2.75, 3.05) is 41.0 Å². The van der Waals surface area contributed by atoms with E-state index in [4.69, 9.17) is 25.8 Å². The summed E-state index contributed by atoms with van der Waals surface area (Å²) in [5.74, 6) is 1.14. The lowest BCUT2D eigenvalue weighted by Crippen LogP contribution is -2.37. The van der Waals surface area contributed by atoms with E-state index in [2.05, 4.69) is 10.2 Å². The molecule has 6 nitrogen and oxygen atoms in total. The molecule has 29 heavy (non-hydrogen) atoms. The highest BCUT2D eigenvalue weighted by atomic mass is 35.5. The Bertz CT molecular complexity index is 827. The van der Waals surface area contributed by atoms with Gasteiger partial charge in [0.2, 0.25) is 5.75 Å². The molecule has 1 heterocycles. The quantitative estimate of drug-likeness (QED) is 0.703. The highest BCUT2D eigenvalue weighted by molar-refractivity contribution is 6.31. The number of nitrogens with one attached hydrogen (secondary N) is 1. The molecule has 2 aromatic carbocycles. The number of nitrogens with zero attached hydrogens (tertiary/aromatic N) is 1. The minimum atomic E-state index is -0.208. The van der Waals surface area contributed by atoms with Crippen LogP contribution in [0, 0.1) is 0 Å². The molecule has 156 valence electrons. The Morgan fingerprint density at radius 1 is 1.07 bits per heavy atom. The standard InChI is InChI=1S/C22H27ClN2O4/c1-27-19-12-15(13-20(28-2)21(19)29-3)22(26)24-14-18(25-10-6-7-11-25)16-8-4-5-9-17(16)23/h4-5,8-9,12-13,18H,6-7,10-11,14H2,1-3H3,(H,24,26)/t18-/m1/s1. The van der Waals surface area contributed by atoms with E-state index in [0.29, 0.717) is 34.4 Å². The molecule has 1 saturated heterocycles. The molecule has 3 rings (SSSR count). The molecule has 0 unspecified atom stereocenters. The molecule has 0 saturated carbocycles. The number of amides is 1. The molecule has 1 aliphatic rings. The van der Waals surface area contributed by atoms with E-state index in [-0.39, 0.29) is 11.9 Å². The number of benzene rings is 2. The van der Waals surface area contributed by atoms with Gasteiger partial charge in [0.05, 0.1) is 27.4 Å². The maximum absolute atomic E-state index is 12.9. The smallest absolute Gasteiger partial charge is 0.251 e. The third-order valence-corrected chi connectivity index (χ3v) is 5.57. The van der Waals surface area contributed by atoms with Crippen LogP contribution in [-0.4, -0.2) is 51.8 Å². The van der Waals surface area contributed by atoms with E-state index in [0.717, 1.165) is 31.5 Å². The maximum Gasteiger partial charge on any atom is 0.251 e. The highest BCUT2D eigenvalue weighted by Crippen LogP contribution is 2.38. The molecular formula is C22H27ClN2O4. The molecule has 0 aliphatic carbocycles. The molecule has 0 bridgehead atoms. The molecular weight excluding hydrogens is 392 g/mol. The number of ether oxygens (including phenoxy) is 3. The van der Waals surface area contributed by atoms with Crippen LogP contribution in [0.2, 0.25) is 5.02 Å². The molecule has 1 N–H and O–H groups in total. The summed E-state index contributed by atoms with van der Waals surface area (Å²) in [5, 5.41) is 3.76. The second kappa shape index (κ2) is 9.85. The fraction of sp³-hybridized carbons (Fsp3) is 0.409. The second-order valence-electron chi connectivity index (χ2n) is 6.90. The fourth-order valence-corrected chi connectivity index (χ4v) is 4.00. The monoisotopic (exact) mass is 418 g/mol. The minimum Gasteiger partial charge on any atom is -0.493 e. The Morgan fingerprint density at radius 3 is 2.24 bits per heavy atom.